The van der Waals surface area contributed by atoms with Crippen molar-refractivity contribution in [1.82, 2.24) is 0 Å². The highest BCUT2D eigenvalue weighted by Crippen LogP contribution is 2.17. The Kier molecular flexibility index (Phi) is 5.22. The van der Waals surface area contributed by atoms with E-state index in [1.54, 1.807) is 12.1 Å². The van der Waals surface area contributed by atoms with Crippen LogP contribution in [0.5, 0.6) is 0 Å². The summed E-state index contributed by atoms with van der Waals surface area (Å²) in [5, 5.41) is 1.89. The first-order valence-electron chi connectivity index (χ1n) is 9.51. The summed E-state index contributed by atoms with van der Waals surface area (Å²) in [5.41, 5.74) is 5.91. The number of aryl methyl sites for hydroxylation is 3. The lowest BCUT2D eigenvalue weighted by molar-refractivity contribution is 0.630. The molecule has 4 rings (SSSR count). The molecule has 0 radical (unpaired) electrons. The van der Waals surface area contributed by atoms with E-state index in [0.717, 1.165) is 34.7 Å². The summed E-state index contributed by atoms with van der Waals surface area (Å²) < 4.78 is 13.3. The molecule has 0 spiro atoms. The predicted molar refractivity (Wildman–Crippen MR) is 115 cm³/mol. The molecule has 0 nitrogen and oxygen atoms in total. The molecule has 4 aromatic carbocycles. The highest BCUT2D eigenvalue weighted by molar-refractivity contribution is 5.83. The Morgan fingerprint density at radius 2 is 1.14 bits per heavy atom. The van der Waals surface area contributed by atoms with E-state index in [0.29, 0.717) is 0 Å². The first-order valence-corrected chi connectivity index (χ1v) is 9.51. The fourth-order valence-corrected chi connectivity index (χ4v) is 3.24. The SMILES string of the molecule is Cc1ccc(CCc2ccc(C#Cc3ccc4cc(F)ccc4c3)cc2)cc1. The maximum atomic E-state index is 13.3. The van der Waals surface area contributed by atoms with E-state index in [1.807, 2.05) is 18.2 Å². The maximum absolute atomic E-state index is 13.3. The van der Waals surface area contributed by atoms with Gasteiger partial charge in [-0.3, -0.25) is 0 Å². The lowest BCUT2D eigenvalue weighted by Gasteiger charge is -2.03. The Morgan fingerprint density at radius 1 is 0.607 bits per heavy atom. The quantitative estimate of drug-likeness (QED) is 0.365. The fourth-order valence-electron chi connectivity index (χ4n) is 3.24. The van der Waals surface area contributed by atoms with Gasteiger partial charge in [0.2, 0.25) is 0 Å². The molecule has 0 aliphatic rings. The molecular formula is C27H21F. The van der Waals surface area contributed by atoms with Gasteiger partial charge in [0.1, 0.15) is 5.82 Å². The van der Waals surface area contributed by atoms with E-state index in [4.69, 9.17) is 0 Å². The number of rotatable bonds is 3. The standard InChI is InChI=1S/C27H21F/c1-20-2-4-21(5-3-20)6-7-22-8-10-23(11-9-22)12-13-24-14-15-26-19-27(28)17-16-25(26)18-24/h2-5,8-11,14-19H,6-7H2,1H3. The van der Waals surface area contributed by atoms with Crippen molar-refractivity contribution in [2.75, 3.05) is 0 Å². The number of hydrogen-bond donors (Lipinski definition) is 0. The highest BCUT2D eigenvalue weighted by atomic mass is 19.1. The highest BCUT2D eigenvalue weighted by Gasteiger charge is 1.98. The fraction of sp³-hybridized carbons (Fsp3) is 0.111. The molecule has 28 heavy (non-hydrogen) atoms. The molecule has 136 valence electrons. The average molecular weight is 364 g/mol. The zero-order valence-corrected chi connectivity index (χ0v) is 15.9. The number of hydrogen-bond acceptors (Lipinski definition) is 0. The number of benzene rings is 4. The average Bonchev–Trinajstić information content (AvgIpc) is 2.72. The molecule has 0 heterocycles. The smallest absolute Gasteiger partial charge is 0.123 e. The second-order valence-corrected chi connectivity index (χ2v) is 7.14. The lowest BCUT2D eigenvalue weighted by Crippen LogP contribution is -1.91. The first kappa shape index (κ1) is 18.0. The number of halogens is 1. The predicted octanol–water partition coefficient (Wildman–Crippen LogP) is 6.47. The topological polar surface area (TPSA) is 0 Å². The van der Waals surface area contributed by atoms with E-state index < -0.39 is 0 Å². The molecule has 4 aromatic rings. The van der Waals surface area contributed by atoms with Gasteiger partial charge in [0.05, 0.1) is 0 Å². The summed E-state index contributed by atoms with van der Waals surface area (Å²) in [7, 11) is 0. The molecule has 0 aromatic heterocycles. The monoisotopic (exact) mass is 364 g/mol. The van der Waals surface area contributed by atoms with Crippen molar-refractivity contribution in [3.63, 3.8) is 0 Å². The van der Waals surface area contributed by atoms with Crippen LogP contribution in [0.25, 0.3) is 10.8 Å². The van der Waals surface area contributed by atoms with Crippen LogP contribution in [-0.2, 0) is 12.8 Å². The van der Waals surface area contributed by atoms with Crippen LogP contribution >= 0.6 is 0 Å². The van der Waals surface area contributed by atoms with Gasteiger partial charge in [-0.1, -0.05) is 65.9 Å². The molecular weight excluding hydrogens is 343 g/mol. The summed E-state index contributed by atoms with van der Waals surface area (Å²) in [4.78, 5) is 0. The normalized spacial score (nSPS) is 10.5. The van der Waals surface area contributed by atoms with Crippen molar-refractivity contribution < 1.29 is 4.39 Å². The largest absolute Gasteiger partial charge is 0.207 e. The summed E-state index contributed by atoms with van der Waals surface area (Å²) >= 11 is 0. The molecule has 0 aliphatic heterocycles. The van der Waals surface area contributed by atoms with Gasteiger partial charge in [-0.05, 0) is 78.1 Å². The second kappa shape index (κ2) is 8.11. The third-order valence-corrected chi connectivity index (χ3v) is 4.93. The van der Waals surface area contributed by atoms with Gasteiger partial charge in [0.15, 0.2) is 0 Å². The van der Waals surface area contributed by atoms with E-state index in [9.17, 15) is 4.39 Å². The van der Waals surface area contributed by atoms with Crippen LogP contribution in [-0.4, -0.2) is 0 Å². The van der Waals surface area contributed by atoms with E-state index in [2.05, 4.69) is 67.3 Å². The third-order valence-electron chi connectivity index (χ3n) is 4.93. The zero-order valence-electron chi connectivity index (χ0n) is 15.9. The van der Waals surface area contributed by atoms with E-state index in [-0.39, 0.29) is 5.82 Å². The molecule has 0 amide bonds. The molecule has 0 atom stereocenters. The van der Waals surface area contributed by atoms with Crippen molar-refractivity contribution >= 4 is 10.8 Å². The van der Waals surface area contributed by atoms with Gasteiger partial charge in [0, 0.05) is 11.1 Å². The van der Waals surface area contributed by atoms with Crippen LogP contribution in [0, 0.1) is 24.6 Å². The molecule has 1 heteroatoms. The Morgan fingerprint density at radius 3 is 1.86 bits per heavy atom. The van der Waals surface area contributed by atoms with Crippen molar-refractivity contribution in [3.05, 3.63) is 119 Å². The summed E-state index contributed by atoms with van der Waals surface area (Å²) in [6.45, 7) is 2.11. The molecule has 0 saturated heterocycles. The lowest BCUT2D eigenvalue weighted by atomic mass is 10.0. The van der Waals surface area contributed by atoms with Crippen molar-refractivity contribution in [1.29, 1.82) is 0 Å². The molecule has 0 saturated carbocycles. The first-order chi connectivity index (χ1) is 13.7. The van der Waals surface area contributed by atoms with Crippen molar-refractivity contribution in [2.24, 2.45) is 0 Å². The molecule has 0 unspecified atom stereocenters. The van der Waals surface area contributed by atoms with Gasteiger partial charge < -0.3 is 0 Å². The Labute approximate surface area is 165 Å². The third kappa shape index (κ3) is 4.48. The maximum Gasteiger partial charge on any atom is 0.123 e. The van der Waals surface area contributed by atoms with Gasteiger partial charge >= 0.3 is 0 Å². The van der Waals surface area contributed by atoms with Gasteiger partial charge in [-0.15, -0.1) is 0 Å². The van der Waals surface area contributed by atoms with Crippen molar-refractivity contribution in [3.8, 4) is 11.8 Å². The molecule has 0 N–H and O–H groups in total. The summed E-state index contributed by atoms with van der Waals surface area (Å²) in [5.74, 6) is 6.21. The van der Waals surface area contributed by atoms with E-state index in [1.165, 1.54) is 22.8 Å². The Bertz CT molecular complexity index is 1160. The van der Waals surface area contributed by atoms with Gasteiger partial charge in [-0.2, -0.15) is 0 Å². The summed E-state index contributed by atoms with van der Waals surface area (Å²) in [6.07, 6.45) is 2.07. The van der Waals surface area contributed by atoms with Crippen LogP contribution in [0.1, 0.15) is 27.8 Å². The van der Waals surface area contributed by atoms with Crippen LogP contribution in [0.4, 0.5) is 4.39 Å². The second-order valence-electron chi connectivity index (χ2n) is 7.14. The summed E-state index contributed by atoms with van der Waals surface area (Å²) in [6, 6.07) is 27.9. The zero-order chi connectivity index (χ0) is 19.3. The van der Waals surface area contributed by atoms with Crippen molar-refractivity contribution in [2.45, 2.75) is 19.8 Å². The Balaban J connectivity index is 1.43. The molecule has 0 aliphatic carbocycles. The molecule has 0 bridgehead atoms. The van der Waals surface area contributed by atoms with Crippen LogP contribution < -0.4 is 0 Å². The van der Waals surface area contributed by atoms with Gasteiger partial charge in [0.25, 0.3) is 0 Å². The molecule has 0 fully saturated rings. The minimum absolute atomic E-state index is 0.214. The minimum Gasteiger partial charge on any atom is -0.207 e. The number of fused-ring (bicyclic) bond motifs is 1. The van der Waals surface area contributed by atoms with Gasteiger partial charge in [-0.25, -0.2) is 4.39 Å². The van der Waals surface area contributed by atoms with Crippen LogP contribution in [0.3, 0.4) is 0 Å². The Hall–Kier alpha value is -3.37. The minimum atomic E-state index is -0.214. The van der Waals surface area contributed by atoms with Crippen LogP contribution in [0.2, 0.25) is 0 Å². The van der Waals surface area contributed by atoms with E-state index >= 15 is 0 Å². The van der Waals surface area contributed by atoms with Crippen LogP contribution in [0.15, 0.2) is 84.9 Å².